The summed E-state index contributed by atoms with van der Waals surface area (Å²) in [6, 6.07) is 0. The molecule has 0 aliphatic carbocycles. The van der Waals surface area contributed by atoms with Gasteiger partial charge in [0.2, 0.25) is 0 Å². The smallest absolute Gasteiger partial charge is 0.417 e. The van der Waals surface area contributed by atoms with E-state index in [0.29, 0.717) is 0 Å². The molecule has 110 valence electrons. The third kappa shape index (κ3) is 2.00. The van der Waals surface area contributed by atoms with Crippen LogP contribution in [0.4, 0.5) is 10.6 Å². The highest BCUT2D eigenvalue weighted by molar-refractivity contribution is 8.04. The number of rotatable bonds is 0. The lowest BCUT2D eigenvalue weighted by Gasteiger charge is -2.31. The van der Waals surface area contributed by atoms with E-state index in [2.05, 4.69) is 14.8 Å². The fourth-order valence-corrected chi connectivity index (χ4v) is 2.60. The van der Waals surface area contributed by atoms with Gasteiger partial charge in [-0.1, -0.05) is 0 Å². The molecule has 0 fully saturated rings. The number of ether oxygens (including phenoxy) is 1. The molecule has 0 radical (unpaired) electrons. The zero-order chi connectivity index (χ0) is 15.2. The number of hydrogen-bond acceptors (Lipinski definition) is 6. The summed E-state index contributed by atoms with van der Waals surface area (Å²) in [7, 11) is -3.18. The van der Waals surface area contributed by atoms with Gasteiger partial charge in [0, 0.05) is 0 Å². The molecule has 1 atom stereocenters. The van der Waals surface area contributed by atoms with Gasteiger partial charge in [-0.05, 0) is 13.8 Å². The molecular formula is C9H13N5O5S. The van der Waals surface area contributed by atoms with Crippen LogP contribution in [0.5, 0.6) is 0 Å². The van der Waals surface area contributed by atoms with Crippen LogP contribution in [-0.4, -0.2) is 41.5 Å². The third-order valence-electron chi connectivity index (χ3n) is 2.91. The van der Waals surface area contributed by atoms with E-state index in [4.69, 9.17) is 5.14 Å². The number of amides is 1. The fourth-order valence-electron chi connectivity index (χ4n) is 1.89. The Balaban J connectivity index is 2.75. The number of carbonyl (C=O) groups excluding carboxylic acids is 1. The monoisotopic (exact) mass is 303 g/mol. The number of primary sulfonamides is 1. The second-order valence-electron chi connectivity index (χ2n) is 4.17. The molecule has 0 aromatic carbocycles. The summed E-state index contributed by atoms with van der Waals surface area (Å²) in [6.07, 6.45) is -1.81. The van der Waals surface area contributed by atoms with Crippen LogP contribution in [0.3, 0.4) is 0 Å². The molecule has 1 aromatic rings. The number of carbonyl (C=O) groups is 1. The van der Waals surface area contributed by atoms with Gasteiger partial charge in [0.05, 0.1) is 12.7 Å². The molecule has 1 aromatic heterocycles. The minimum atomic E-state index is -4.27. The van der Waals surface area contributed by atoms with Crippen molar-refractivity contribution in [3.05, 3.63) is 15.9 Å². The van der Waals surface area contributed by atoms with Crippen LogP contribution in [0.1, 0.15) is 18.7 Å². The highest BCUT2D eigenvalue weighted by Gasteiger charge is 2.39. The average molecular weight is 303 g/mol. The summed E-state index contributed by atoms with van der Waals surface area (Å²) >= 11 is 0. The Morgan fingerprint density at radius 2 is 2.10 bits per heavy atom. The lowest BCUT2D eigenvalue weighted by atomic mass is 10.3. The van der Waals surface area contributed by atoms with Gasteiger partial charge in [0.1, 0.15) is 6.17 Å². The number of H-pyrrole nitrogens is 1. The van der Waals surface area contributed by atoms with E-state index < -0.39 is 33.0 Å². The number of aromatic amines is 1. The van der Waals surface area contributed by atoms with Crippen molar-refractivity contribution in [2.45, 2.75) is 20.0 Å². The third-order valence-corrected chi connectivity index (χ3v) is 3.70. The topological polar surface area (TPSA) is 140 Å². The summed E-state index contributed by atoms with van der Waals surface area (Å²) in [5.74, 6) is 0.103. The summed E-state index contributed by atoms with van der Waals surface area (Å²) in [5, 5.41) is 6.86. The van der Waals surface area contributed by atoms with Crippen molar-refractivity contribution in [2.24, 2.45) is 10.1 Å². The molecular weight excluding hydrogens is 290 g/mol. The van der Waals surface area contributed by atoms with Crippen molar-refractivity contribution >= 4 is 27.1 Å². The van der Waals surface area contributed by atoms with Gasteiger partial charge < -0.3 is 4.74 Å². The number of fused-ring (bicyclic) bond motifs is 1. The van der Waals surface area contributed by atoms with Gasteiger partial charge in [-0.2, -0.15) is 4.99 Å². The molecule has 2 heterocycles. The number of nitrogens with zero attached hydrogens (tertiary/aromatic N) is 3. The lowest BCUT2D eigenvalue weighted by Crippen LogP contribution is -2.48. The maximum Gasteiger partial charge on any atom is 0.417 e. The maximum absolute atomic E-state index is 11.7. The number of aromatic nitrogens is 2. The minimum Gasteiger partial charge on any atom is -0.452 e. The SMILES string of the molecule is COC(=O)N1C(S(N)(=O)=O)=Nc2c(C)c(=O)[nH]n2C1C. The second-order valence-corrected chi connectivity index (χ2v) is 5.63. The van der Waals surface area contributed by atoms with Gasteiger partial charge in [0.25, 0.3) is 20.8 Å². The number of hydrogen-bond donors (Lipinski definition) is 2. The highest BCUT2D eigenvalue weighted by atomic mass is 32.2. The Hall–Kier alpha value is -2.14. The molecule has 10 nitrogen and oxygen atoms in total. The standard InChI is InChI=1S/C9H13N5O5S/c1-4-6-11-8(20(10,17)18)13(9(16)19-3)5(2)14(6)12-7(4)15/h5H,1-3H3,(H,12,15)(H2,10,17,18). The van der Waals surface area contributed by atoms with E-state index in [1.54, 1.807) is 0 Å². The Kier molecular flexibility index (Phi) is 3.18. The first-order valence-corrected chi connectivity index (χ1v) is 7.03. The molecule has 0 spiro atoms. The summed E-state index contributed by atoms with van der Waals surface area (Å²) in [4.78, 5) is 27.9. The number of amidine groups is 1. The number of sulfonamides is 1. The van der Waals surface area contributed by atoms with E-state index in [9.17, 15) is 18.0 Å². The molecule has 11 heteroatoms. The second kappa shape index (κ2) is 4.45. The van der Waals surface area contributed by atoms with Crippen molar-refractivity contribution in [2.75, 3.05) is 7.11 Å². The fraction of sp³-hybridized carbons (Fsp3) is 0.444. The van der Waals surface area contributed by atoms with Crippen LogP contribution in [-0.2, 0) is 14.8 Å². The first-order valence-electron chi connectivity index (χ1n) is 5.48. The van der Waals surface area contributed by atoms with Crippen LogP contribution in [0.2, 0.25) is 0 Å². The van der Waals surface area contributed by atoms with Crippen molar-refractivity contribution in [3.8, 4) is 0 Å². The number of nitrogens with two attached hydrogens (primary N) is 1. The van der Waals surface area contributed by atoms with Crippen LogP contribution in [0.15, 0.2) is 9.79 Å². The molecule has 0 saturated heterocycles. The first-order chi connectivity index (χ1) is 9.18. The number of nitrogens with one attached hydrogen (secondary N) is 1. The predicted molar refractivity (Wildman–Crippen MR) is 68.9 cm³/mol. The molecule has 1 unspecified atom stereocenters. The molecule has 20 heavy (non-hydrogen) atoms. The highest BCUT2D eigenvalue weighted by Crippen LogP contribution is 2.29. The van der Waals surface area contributed by atoms with E-state index in [1.807, 2.05) is 0 Å². The zero-order valence-electron chi connectivity index (χ0n) is 10.9. The predicted octanol–water partition coefficient (Wildman–Crippen LogP) is -0.639. The van der Waals surface area contributed by atoms with Crippen LogP contribution in [0.25, 0.3) is 0 Å². The van der Waals surface area contributed by atoms with Crippen LogP contribution in [0, 0.1) is 6.92 Å². The molecule has 0 bridgehead atoms. The van der Waals surface area contributed by atoms with E-state index in [-0.39, 0.29) is 11.4 Å². The van der Waals surface area contributed by atoms with Gasteiger partial charge in [-0.15, -0.1) is 0 Å². The Bertz CT molecular complexity index is 758. The molecule has 0 saturated carbocycles. The molecule has 3 N–H and O–H groups in total. The lowest BCUT2D eigenvalue weighted by molar-refractivity contribution is 0.121. The first kappa shape index (κ1) is 14.3. The van der Waals surface area contributed by atoms with Gasteiger partial charge in [-0.25, -0.2) is 27.9 Å². The van der Waals surface area contributed by atoms with Gasteiger partial charge in [0.15, 0.2) is 5.82 Å². The molecule has 2 rings (SSSR count). The van der Waals surface area contributed by atoms with Crippen molar-refractivity contribution < 1.29 is 17.9 Å². The molecule has 1 aliphatic rings. The van der Waals surface area contributed by atoms with Crippen LogP contribution >= 0.6 is 0 Å². The number of aliphatic imine (C=N–C) groups is 1. The van der Waals surface area contributed by atoms with E-state index >= 15 is 0 Å². The summed E-state index contributed by atoms with van der Waals surface area (Å²) < 4.78 is 29.0. The van der Waals surface area contributed by atoms with Gasteiger partial charge >= 0.3 is 6.09 Å². The molecule has 1 amide bonds. The normalized spacial score (nSPS) is 18.5. The quantitative estimate of drug-likeness (QED) is 0.656. The van der Waals surface area contributed by atoms with Crippen molar-refractivity contribution in [3.63, 3.8) is 0 Å². The largest absolute Gasteiger partial charge is 0.452 e. The Labute approximate surface area is 113 Å². The number of methoxy groups -OCH3 is 1. The Morgan fingerprint density at radius 1 is 1.50 bits per heavy atom. The summed E-state index contributed by atoms with van der Waals surface area (Å²) in [5.41, 5.74) is -0.210. The van der Waals surface area contributed by atoms with Crippen LogP contribution < -0.4 is 10.7 Å². The zero-order valence-corrected chi connectivity index (χ0v) is 11.8. The Morgan fingerprint density at radius 3 is 2.60 bits per heavy atom. The molecule has 1 aliphatic heterocycles. The average Bonchev–Trinajstić information content (AvgIpc) is 2.64. The van der Waals surface area contributed by atoms with Crippen molar-refractivity contribution in [1.29, 1.82) is 0 Å². The maximum atomic E-state index is 11.7. The van der Waals surface area contributed by atoms with E-state index in [1.165, 1.54) is 18.5 Å². The minimum absolute atomic E-state index is 0.103. The van der Waals surface area contributed by atoms with E-state index in [0.717, 1.165) is 12.0 Å². The van der Waals surface area contributed by atoms with Crippen molar-refractivity contribution in [1.82, 2.24) is 14.7 Å². The summed E-state index contributed by atoms with van der Waals surface area (Å²) in [6.45, 7) is 2.98. The van der Waals surface area contributed by atoms with Gasteiger partial charge in [-0.3, -0.25) is 9.89 Å².